The lowest BCUT2D eigenvalue weighted by atomic mass is 10.0. The van der Waals surface area contributed by atoms with Gasteiger partial charge in [0.2, 0.25) is 0 Å². The summed E-state index contributed by atoms with van der Waals surface area (Å²) >= 11 is 0. The lowest BCUT2D eigenvalue weighted by Gasteiger charge is -2.16. The molecule has 30 heavy (non-hydrogen) atoms. The number of rotatable bonds is 5. The van der Waals surface area contributed by atoms with Crippen LogP contribution in [-0.2, 0) is 0 Å². The highest BCUT2D eigenvalue weighted by Gasteiger charge is 2.17. The van der Waals surface area contributed by atoms with E-state index in [2.05, 4.69) is 15.4 Å². The van der Waals surface area contributed by atoms with Crippen molar-refractivity contribution < 1.29 is 4.79 Å². The zero-order valence-electron chi connectivity index (χ0n) is 17.3. The van der Waals surface area contributed by atoms with E-state index >= 15 is 0 Å². The summed E-state index contributed by atoms with van der Waals surface area (Å²) in [5.74, 6) is 0.234. The number of aromatic amines is 1. The van der Waals surface area contributed by atoms with E-state index in [0.29, 0.717) is 16.9 Å². The van der Waals surface area contributed by atoms with Gasteiger partial charge >= 0.3 is 0 Å². The van der Waals surface area contributed by atoms with Crippen LogP contribution in [0.15, 0.2) is 65.6 Å². The fourth-order valence-electron chi connectivity index (χ4n) is 3.50. The Kier molecular flexibility index (Phi) is 5.23. The van der Waals surface area contributed by atoms with Gasteiger partial charge in [-0.2, -0.15) is 0 Å². The SMILES string of the molecule is CC[C@@H](NC(=O)c1cc2c(=O)[nH]c(-c3ccc(C)c(C)c3)nn2c1)c1ccccc1. The average molecular weight is 400 g/mol. The van der Waals surface area contributed by atoms with Gasteiger partial charge in [0.1, 0.15) is 5.52 Å². The third-order valence-electron chi connectivity index (χ3n) is 5.43. The van der Waals surface area contributed by atoms with Crippen LogP contribution in [0.1, 0.15) is 46.4 Å². The quantitative estimate of drug-likeness (QED) is 0.527. The van der Waals surface area contributed by atoms with Crippen molar-refractivity contribution in [1.82, 2.24) is 19.9 Å². The molecule has 6 nitrogen and oxygen atoms in total. The van der Waals surface area contributed by atoms with Crippen LogP contribution in [0.3, 0.4) is 0 Å². The Balaban J connectivity index is 1.66. The minimum Gasteiger partial charge on any atom is -0.345 e. The van der Waals surface area contributed by atoms with Gasteiger partial charge in [0.15, 0.2) is 5.82 Å². The summed E-state index contributed by atoms with van der Waals surface area (Å²) in [6, 6.07) is 17.2. The number of carbonyl (C=O) groups excluding carboxylic acids is 1. The van der Waals surface area contributed by atoms with Gasteiger partial charge in [-0.25, -0.2) is 4.52 Å². The molecule has 0 aliphatic heterocycles. The maximum Gasteiger partial charge on any atom is 0.275 e. The minimum atomic E-state index is -0.285. The Bertz CT molecular complexity index is 1270. The van der Waals surface area contributed by atoms with Crippen LogP contribution in [0.2, 0.25) is 0 Å². The van der Waals surface area contributed by atoms with Gasteiger partial charge in [-0.15, -0.1) is 5.10 Å². The first-order valence-electron chi connectivity index (χ1n) is 10.0. The fourth-order valence-corrected chi connectivity index (χ4v) is 3.50. The standard InChI is InChI=1S/C24H24N4O2/c1-4-20(17-8-6-5-7-9-17)25-23(29)19-13-21-24(30)26-22(27-28(21)14-19)18-11-10-15(2)16(3)12-18/h5-14,20H,4H2,1-3H3,(H,25,29)(H,26,27,30)/t20-/m1/s1. The Hall–Kier alpha value is -3.67. The molecule has 6 heteroatoms. The van der Waals surface area contributed by atoms with Crippen molar-refractivity contribution in [2.45, 2.75) is 33.2 Å². The number of benzene rings is 2. The second-order valence-corrected chi connectivity index (χ2v) is 7.51. The van der Waals surface area contributed by atoms with E-state index in [1.807, 2.05) is 69.3 Å². The number of aryl methyl sites for hydroxylation is 2. The second kappa shape index (κ2) is 7.99. The molecule has 0 spiro atoms. The summed E-state index contributed by atoms with van der Waals surface area (Å²) < 4.78 is 1.47. The molecule has 152 valence electrons. The molecule has 1 atom stereocenters. The fraction of sp³-hybridized carbons (Fsp3) is 0.208. The predicted octanol–water partition coefficient (Wildman–Crippen LogP) is 4.19. The van der Waals surface area contributed by atoms with Crippen molar-refractivity contribution in [3.8, 4) is 11.4 Å². The summed E-state index contributed by atoms with van der Waals surface area (Å²) in [7, 11) is 0. The van der Waals surface area contributed by atoms with Crippen LogP contribution >= 0.6 is 0 Å². The normalized spacial score (nSPS) is 12.1. The molecule has 2 heterocycles. The molecule has 4 aromatic rings. The van der Waals surface area contributed by atoms with E-state index < -0.39 is 0 Å². The van der Waals surface area contributed by atoms with Crippen molar-refractivity contribution in [2.75, 3.05) is 0 Å². The number of nitrogens with zero attached hydrogens (tertiary/aromatic N) is 2. The molecule has 0 fully saturated rings. The van der Waals surface area contributed by atoms with E-state index in [1.165, 1.54) is 10.1 Å². The van der Waals surface area contributed by atoms with Gasteiger partial charge in [-0.1, -0.05) is 49.4 Å². The highest BCUT2D eigenvalue weighted by Crippen LogP contribution is 2.19. The minimum absolute atomic E-state index is 0.0981. The third-order valence-corrected chi connectivity index (χ3v) is 5.43. The average Bonchev–Trinajstić information content (AvgIpc) is 3.19. The lowest BCUT2D eigenvalue weighted by molar-refractivity contribution is 0.0935. The Morgan fingerprint density at radius 2 is 1.87 bits per heavy atom. The smallest absolute Gasteiger partial charge is 0.275 e. The monoisotopic (exact) mass is 400 g/mol. The molecule has 0 radical (unpaired) electrons. The Labute approximate surface area is 174 Å². The van der Waals surface area contributed by atoms with Gasteiger partial charge < -0.3 is 10.3 Å². The molecular formula is C24H24N4O2. The van der Waals surface area contributed by atoms with E-state index in [1.54, 1.807) is 12.3 Å². The number of nitrogens with one attached hydrogen (secondary N) is 2. The number of aromatic nitrogens is 3. The number of hydrogen-bond donors (Lipinski definition) is 2. The van der Waals surface area contributed by atoms with Gasteiger partial charge in [-0.3, -0.25) is 9.59 Å². The molecule has 0 aliphatic carbocycles. The topological polar surface area (TPSA) is 79.3 Å². The second-order valence-electron chi connectivity index (χ2n) is 7.51. The van der Waals surface area contributed by atoms with Crippen LogP contribution in [0, 0.1) is 13.8 Å². The van der Waals surface area contributed by atoms with Gasteiger partial charge in [0, 0.05) is 11.8 Å². The van der Waals surface area contributed by atoms with Crippen molar-refractivity contribution in [3.05, 3.63) is 93.4 Å². The number of fused-ring (bicyclic) bond motifs is 1. The van der Waals surface area contributed by atoms with E-state index in [4.69, 9.17) is 0 Å². The van der Waals surface area contributed by atoms with Crippen molar-refractivity contribution in [1.29, 1.82) is 0 Å². The van der Waals surface area contributed by atoms with Gasteiger partial charge in [0.25, 0.3) is 11.5 Å². The molecule has 2 N–H and O–H groups in total. The van der Waals surface area contributed by atoms with Crippen LogP contribution in [0.25, 0.3) is 16.9 Å². The largest absolute Gasteiger partial charge is 0.345 e. The van der Waals surface area contributed by atoms with Crippen LogP contribution in [-0.4, -0.2) is 20.5 Å². The van der Waals surface area contributed by atoms with E-state index in [-0.39, 0.29) is 17.5 Å². The third kappa shape index (κ3) is 3.76. The summed E-state index contributed by atoms with van der Waals surface area (Å²) in [4.78, 5) is 28.3. The maximum absolute atomic E-state index is 12.8. The Morgan fingerprint density at radius 3 is 2.57 bits per heavy atom. The first-order valence-corrected chi connectivity index (χ1v) is 10.0. The van der Waals surface area contributed by atoms with E-state index in [0.717, 1.165) is 23.1 Å². The van der Waals surface area contributed by atoms with Gasteiger partial charge in [0.05, 0.1) is 11.6 Å². The van der Waals surface area contributed by atoms with Crippen molar-refractivity contribution in [2.24, 2.45) is 0 Å². The van der Waals surface area contributed by atoms with Gasteiger partial charge in [-0.05, 0) is 49.1 Å². The molecule has 0 unspecified atom stereocenters. The first-order chi connectivity index (χ1) is 14.5. The Morgan fingerprint density at radius 1 is 1.10 bits per heavy atom. The molecule has 0 saturated carbocycles. The van der Waals surface area contributed by atoms with Crippen LogP contribution in [0.4, 0.5) is 0 Å². The molecule has 4 rings (SSSR count). The summed E-state index contributed by atoms with van der Waals surface area (Å²) in [5.41, 5.74) is 4.62. The number of carbonyl (C=O) groups is 1. The molecule has 2 aromatic carbocycles. The molecule has 2 aromatic heterocycles. The van der Waals surface area contributed by atoms with Crippen LogP contribution < -0.4 is 10.9 Å². The maximum atomic E-state index is 12.8. The highest BCUT2D eigenvalue weighted by atomic mass is 16.2. The number of amides is 1. The number of hydrogen-bond acceptors (Lipinski definition) is 3. The molecule has 0 bridgehead atoms. The summed E-state index contributed by atoms with van der Waals surface area (Å²) in [6.45, 7) is 6.08. The zero-order valence-corrected chi connectivity index (χ0v) is 17.3. The highest BCUT2D eigenvalue weighted by molar-refractivity contribution is 5.95. The zero-order chi connectivity index (χ0) is 21.3. The molecule has 1 amide bonds. The summed E-state index contributed by atoms with van der Waals surface area (Å²) in [5, 5.41) is 7.57. The lowest BCUT2D eigenvalue weighted by Crippen LogP contribution is -2.27. The van der Waals surface area contributed by atoms with E-state index in [9.17, 15) is 9.59 Å². The first kappa shape index (κ1) is 19.6. The van der Waals surface area contributed by atoms with Crippen LogP contribution in [0.5, 0.6) is 0 Å². The molecule has 0 saturated heterocycles. The molecular weight excluding hydrogens is 376 g/mol. The molecule has 0 aliphatic rings. The van der Waals surface area contributed by atoms with Crippen molar-refractivity contribution in [3.63, 3.8) is 0 Å². The summed E-state index contributed by atoms with van der Waals surface area (Å²) in [6.07, 6.45) is 2.36. The van der Waals surface area contributed by atoms with Crippen molar-refractivity contribution >= 4 is 11.4 Å². The number of H-pyrrole nitrogens is 1. The predicted molar refractivity (Wildman–Crippen MR) is 118 cm³/mol.